The highest BCUT2D eigenvalue weighted by atomic mass is 32.2. The molecule has 4 atom stereocenters. The molecule has 2 nitrogen and oxygen atoms in total. The molecular weight excluding hydrogens is 194 g/mol. The van der Waals surface area contributed by atoms with Gasteiger partial charge in [0.25, 0.3) is 0 Å². The van der Waals surface area contributed by atoms with Crippen LogP contribution in [0.2, 0.25) is 0 Å². The van der Waals surface area contributed by atoms with Crippen molar-refractivity contribution in [2.45, 2.75) is 56.0 Å². The molecule has 1 saturated heterocycles. The van der Waals surface area contributed by atoms with Crippen molar-refractivity contribution in [2.24, 2.45) is 0 Å². The molecule has 2 rings (SSSR count). The molecule has 2 fully saturated rings. The molecule has 1 N–H and O–H groups in total. The van der Waals surface area contributed by atoms with Crippen LogP contribution in [0.3, 0.4) is 0 Å². The van der Waals surface area contributed by atoms with E-state index in [4.69, 9.17) is 4.74 Å². The van der Waals surface area contributed by atoms with Crippen LogP contribution in [-0.4, -0.2) is 36.3 Å². The van der Waals surface area contributed by atoms with Crippen molar-refractivity contribution in [1.29, 1.82) is 0 Å². The van der Waals surface area contributed by atoms with Gasteiger partial charge in [-0.3, -0.25) is 0 Å². The largest absolute Gasteiger partial charge is 0.380 e. The molecule has 0 aromatic heterocycles. The Morgan fingerprint density at radius 2 is 2.07 bits per heavy atom. The Hall–Kier alpha value is 0.270. The number of rotatable bonds is 3. The number of ether oxygens (including phenoxy) is 1. The summed E-state index contributed by atoms with van der Waals surface area (Å²) in [5, 5.41) is 4.57. The Morgan fingerprint density at radius 3 is 2.71 bits per heavy atom. The van der Waals surface area contributed by atoms with E-state index in [-0.39, 0.29) is 0 Å². The van der Waals surface area contributed by atoms with Gasteiger partial charge in [-0.2, -0.15) is 11.8 Å². The first-order valence-electron chi connectivity index (χ1n) is 5.71. The lowest BCUT2D eigenvalue weighted by molar-refractivity contribution is 0.0814. The molecule has 1 heterocycles. The Bertz CT molecular complexity index is 188. The molecule has 0 bridgehead atoms. The van der Waals surface area contributed by atoms with Crippen LogP contribution < -0.4 is 5.32 Å². The first kappa shape index (κ1) is 10.8. The zero-order chi connectivity index (χ0) is 9.97. The fourth-order valence-corrected chi connectivity index (χ4v) is 3.83. The molecule has 0 amide bonds. The lowest BCUT2D eigenvalue weighted by atomic mass is 10.1. The van der Waals surface area contributed by atoms with Gasteiger partial charge in [-0.25, -0.2) is 0 Å². The van der Waals surface area contributed by atoms with Crippen LogP contribution in [0.1, 0.15) is 32.6 Å². The average molecular weight is 215 g/mol. The van der Waals surface area contributed by atoms with Crippen molar-refractivity contribution < 1.29 is 4.74 Å². The Morgan fingerprint density at radius 1 is 1.21 bits per heavy atom. The number of methoxy groups -OCH3 is 1. The third-order valence-electron chi connectivity index (χ3n) is 3.56. The van der Waals surface area contributed by atoms with E-state index in [1.165, 1.54) is 31.4 Å². The van der Waals surface area contributed by atoms with Gasteiger partial charge in [-0.15, -0.1) is 0 Å². The molecule has 2 aliphatic rings. The topological polar surface area (TPSA) is 21.3 Å². The van der Waals surface area contributed by atoms with Crippen LogP contribution >= 0.6 is 11.8 Å². The second-order valence-corrected chi connectivity index (χ2v) is 5.93. The van der Waals surface area contributed by atoms with Crippen LogP contribution in [0.25, 0.3) is 0 Å². The van der Waals surface area contributed by atoms with E-state index >= 15 is 0 Å². The fraction of sp³-hybridized carbons (Fsp3) is 1.00. The highest BCUT2D eigenvalue weighted by Crippen LogP contribution is 2.29. The van der Waals surface area contributed by atoms with Crippen molar-refractivity contribution in [2.75, 3.05) is 12.9 Å². The summed E-state index contributed by atoms with van der Waals surface area (Å²) in [6.45, 7) is 2.34. The number of hydrogen-bond acceptors (Lipinski definition) is 3. The molecule has 0 radical (unpaired) electrons. The fourth-order valence-electron chi connectivity index (χ4n) is 2.62. The van der Waals surface area contributed by atoms with E-state index in [1.807, 2.05) is 7.11 Å². The van der Waals surface area contributed by atoms with Crippen molar-refractivity contribution in [3.05, 3.63) is 0 Å². The highest BCUT2D eigenvalue weighted by Gasteiger charge is 2.32. The maximum atomic E-state index is 5.50. The van der Waals surface area contributed by atoms with Crippen molar-refractivity contribution in [3.8, 4) is 0 Å². The summed E-state index contributed by atoms with van der Waals surface area (Å²) < 4.78 is 5.50. The van der Waals surface area contributed by atoms with Crippen LogP contribution in [0.4, 0.5) is 0 Å². The Balaban J connectivity index is 1.83. The van der Waals surface area contributed by atoms with Gasteiger partial charge in [-0.05, 0) is 31.4 Å². The maximum Gasteiger partial charge on any atom is 0.0724 e. The number of hydrogen-bond donors (Lipinski definition) is 1. The smallest absolute Gasteiger partial charge is 0.0724 e. The van der Waals surface area contributed by atoms with Gasteiger partial charge in [-0.1, -0.05) is 6.92 Å². The Labute approximate surface area is 91.2 Å². The molecule has 0 aromatic carbocycles. The minimum Gasteiger partial charge on any atom is -0.380 e. The molecular formula is C11H21NOS. The van der Waals surface area contributed by atoms with Gasteiger partial charge < -0.3 is 10.1 Å². The highest BCUT2D eigenvalue weighted by molar-refractivity contribution is 8.00. The minimum atomic E-state index is 0.466. The lowest BCUT2D eigenvalue weighted by Gasteiger charge is -2.25. The van der Waals surface area contributed by atoms with E-state index in [0.29, 0.717) is 12.1 Å². The minimum absolute atomic E-state index is 0.466. The molecule has 14 heavy (non-hydrogen) atoms. The van der Waals surface area contributed by atoms with Crippen LogP contribution in [0.5, 0.6) is 0 Å². The SMILES string of the molecule is COC1CCCC1NC1CCSC1C. The van der Waals surface area contributed by atoms with Gasteiger partial charge >= 0.3 is 0 Å². The van der Waals surface area contributed by atoms with E-state index in [9.17, 15) is 0 Å². The summed E-state index contributed by atoms with van der Waals surface area (Å²) in [4.78, 5) is 0. The van der Waals surface area contributed by atoms with Crippen LogP contribution in [-0.2, 0) is 4.74 Å². The first-order chi connectivity index (χ1) is 6.81. The monoisotopic (exact) mass is 215 g/mol. The zero-order valence-electron chi connectivity index (χ0n) is 9.16. The molecule has 3 heteroatoms. The molecule has 1 aliphatic heterocycles. The van der Waals surface area contributed by atoms with Gasteiger partial charge in [0.2, 0.25) is 0 Å². The standard InChI is InChI=1S/C11H21NOS/c1-8-9(6-7-14-8)12-10-4-3-5-11(10)13-2/h8-12H,3-7H2,1-2H3. The summed E-state index contributed by atoms with van der Waals surface area (Å²) in [6, 6.07) is 1.34. The van der Waals surface area contributed by atoms with Gasteiger partial charge in [0.05, 0.1) is 6.10 Å². The molecule has 0 spiro atoms. The first-order valence-corrected chi connectivity index (χ1v) is 6.76. The second-order valence-electron chi connectivity index (χ2n) is 4.45. The van der Waals surface area contributed by atoms with Crippen molar-refractivity contribution in [1.82, 2.24) is 5.32 Å². The van der Waals surface area contributed by atoms with Crippen molar-refractivity contribution in [3.63, 3.8) is 0 Å². The van der Waals surface area contributed by atoms with E-state index < -0.39 is 0 Å². The normalized spacial score (nSPS) is 43.3. The predicted molar refractivity (Wildman–Crippen MR) is 61.9 cm³/mol. The predicted octanol–water partition coefficient (Wildman–Crippen LogP) is 2.04. The van der Waals surface area contributed by atoms with Gasteiger partial charge in [0, 0.05) is 24.4 Å². The second kappa shape index (κ2) is 4.86. The van der Waals surface area contributed by atoms with E-state index in [2.05, 4.69) is 24.0 Å². The van der Waals surface area contributed by atoms with Crippen molar-refractivity contribution >= 4 is 11.8 Å². The van der Waals surface area contributed by atoms with Gasteiger partial charge in [0.1, 0.15) is 0 Å². The van der Waals surface area contributed by atoms with Crippen LogP contribution in [0, 0.1) is 0 Å². The summed E-state index contributed by atoms with van der Waals surface area (Å²) >= 11 is 2.09. The average Bonchev–Trinajstić information content (AvgIpc) is 2.77. The number of thioether (sulfide) groups is 1. The molecule has 4 unspecified atom stereocenters. The molecule has 1 saturated carbocycles. The Kier molecular flexibility index (Phi) is 3.74. The summed E-state index contributed by atoms with van der Waals surface area (Å²) in [6.07, 6.45) is 5.66. The summed E-state index contributed by atoms with van der Waals surface area (Å²) in [7, 11) is 1.84. The number of nitrogens with one attached hydrogen (secondary N) is 1. The molecule has 82 valence electrons. The van der Waals surface area contributed by atoms with Crippen LogP contribution in [0.15, 0.2) is 0 Å². The zero-order valence-corrected chi connectivity index (χ0v) is 9.98. The maximum absolute atomic E-state index is 5.50. The third kappa shape index (κ3) is 2.26. The summed E-state index contributed by atoms with van der Waals surface area (Å²) in [5.41, 5.74) is 0. The third-order valence-corrected chi connectivity index (χ3v) is 4.89. The molecule has 0 aromatic rings. The van der Waals surface area contributed by atoms with Gasteiger partial charge in [0.15, 0.2) is 0 Å². The summed E-state index contributed by atoms with van der Waals surface area (Å²) in [5.74, 6) is 1.32. The quantitative estimate of drug-likeness (QED) is 0.778. The molecule has 1 aliphatic carbocycles. The van der Waals surface area contributed by atoms with E-state index in [0.717, 1.165) is 11.3 Å². The lowest BCUT2D eigenvalue weighted by Crippen LogP contribution is -2.45. The van der Waals surface area contributed by atoms with E-state index in [1.54, 1.807) is 0 Å².